The Morgan fingerprint density at radius 3 is 2.60 bits per heavy atom. The number of benzene rings is 2. The minimum absolute atomic E-state index is 0.101. The summed E-state index contributed by atoms with van der Waals surface area (Å²) in [6, 6.07) is 11.7. The molecule has 0 unspecified atom stereocenters. The lowest BCUT2D eigenvalue weighted by Crippen LogP contribution is -2.32. The Morgan fingerprint density at radius 1 is 1.17 bits per heavy atom. The van der Waals surface area contributed by atoms with Crippen molar-refractivity contribution in [2.45, 2.75) is 19.1 Å². The first-order valence-electron chi connectivity index (χ1n) is 9.62. The molecule has 0 amide bonds. The first kappa shape index (κ1) is 20.0. The molecule has 2 aliphatic rings. The van der Waals surface area contributed by atoms with E-state index in [2.05, 4.69) is 0 Å². The van der Waals surface area contributed by atoms with E-state index < -0.39 is 36.0 Å². The maximum atomic E-state index is 12.8. The van der Waals surface area contributed by atoms with E-state index in [-0.39, 0.29) is 13.4 Å². The molecule has 0 aromatic heterocycles. The van der Waals surface area contributed by atoms with Crippen LogP contribution in [0.1, 0.15) is 30.3 Å². The van der Waals surface area contributed by atoms with Gasteiger partial charge in [0, 0.05) is 0 Å². The average Bonchev–Trinajstić information content (AvgIpc) is 3.37. The third-order valence-corrected chi connectivity index (χ3v) is 5.31. The molecule has 4 rings (SSSR count). The molecular formula is C22H22O8. The lowest BCUT2D eigenvalue weighted by Gasteiger charge is -2.23. The van der Waals surface area contributed by atoms with Gasteiger partial charge in [-0.2, -0.15) is 0 Å². The number of hydrogen-bond acceptors (Lipinski definition) is 8. The summed E-state index contributed by atoms with van der Waals surface area (Å²) in [5.74, 6) is -1.72. The van der Waals surface area contributed by atoms with Gasteiger partial charge in [0.25, 0.3) is 0 Å². The molecule has 1 saturated heterocycles. The fraction of sp³-hybridized carbons (Fsp3) is 0.364. The quantitative estimate of drug-likeness (QED) is 0.720. The van der Waals surface area contributed by atoms with Gasteiger partial charge in [0.05, 0.1) is 19.8 Å². The van der Waals surface area contributed by atoms with Crippen LogP contribution < -0.4 is 14.2 Å². The minimum atomic E-state index is -1.25. The first-order chi connectivity index (χ1) is 14.5. The Balaban J connectivity index is 1.68. The molecule has 1 N–H and O–H groups in total. The van der Waals surface area contributed by atoms with Crippen molar-refractivity contribution in [1.82, 2.24) is 0 Å². The summed E-state index contributed by atoms with van der Waals surface area (Å²) in [7, 11) is 1.53. The smallest absolute Gasteiger partial charge is 0.314 e. The number of fused-ring (bicyclic) bond motifs is 1. The summed E-state index contributed by atoms with van der Waals surface area (Å²) in [5, 5.41) is 11.0. The van der Waals surface area contributed by atoms with Crippen LogP contribution >= 0.6 is 0 Å². The Bertz CT molecular complexity index is 939. The summed E-state index contributed by atoms with van der Waals surface area (Å²) in [6.45, 7) is 1.92. The Kier molecular flexibility index (Phi) is 5.50. The maximum Gasteiger partial charge on any atom is 0.314 e. The van der Waals surface area contributed by atoms with Crippen LogP contribution in [0.2, 0.25) is 0 Å². The predicted octanol–water partition coefficient (Wildman–Crippen LogP) is 2.55. The Hall–Kier alpha value is -3.26. The molecule has 8 nitrogen and oxygen atoms in total. The van der Waals surface area contributed by atoms with Gasteiger partial charge in [0.1, 0.15) is 23.7 Å². The van der Waals surface area contributed by atoms with Gasteiger partial charge in [0.15, 0.2) is 11.5 Å². The highest BCUT2D eigenvalue weighted by molar-refractivity contribution is 5.86. The Morgan fingerprint density at radius 2 is 1.90 bits per heavy atom. The molecular weight excluding hydrogens is 392 g/mol. The number of rotatable bonds is 6. The van der Waals surface area contributed by atoms with Gasteiger partial charge in [-0.3, -0.25) is 9.59 Å². The van der Waals surface area contributed by atoms with Crippen molar-refractivity contribution in [2.75, 3.05) is 20.5 Å². The van der Waals surface area contributed by atoms with Crippen molar-refractivity contribution in [2.24, 2.45) is 11.8 Å². The zero-order valence-corrected chi connectivity index (χ0v) is 16.6. The fourth-order valence-corrected chi connectivity index (χ4v) is 3.82. The number of carbonyl (C=O) groups is 2. The van der Waals surface area contributed by atoms with Crippen LogP contribution in [-0.4, -0.2) is 37.6 Å². The number of aliphatic hydroxyl groups excluding tert-OH is 1. The summed E-state index contributed by atoms with van der Waals surface area (Å²) < 4.78 is 26.6. The molecule has 0 bridgehead atoms. The van der Waals surface area contributed by atoms with Gasteiger partial charge in [-0.25, -0.2) is 0 Å². The van der Waals surface area contributed by atoms with Crippen molar-refractivity contribution in [3.05, 3.63) is 53.6 Å². The van der Waals surface area contributed by atoms with E-state index in [0.29, 0.717) is 28.4 Å². The molecule has 2 aromatic rings. The van der Waals surface area contributed by atoms with Crippen LogP contribution in [0, 0.1) is 11.8 Å². The lowest BCUT2D eigenvalue weighted by atomic mass is 9.81. The van der Waals surface area contributed by atoms with E-state index >= 15 is 0 Å². The second-order valence-electron chi connectivity index (χ2n) is 6.99. The highest BCUT2D eigenvalue weighted by atomic mass is 16.7. The highest BCUT2D eigenvalue weighted by Crippen LogP contribution is 2.47. The van der Waals surface area contributed by atoms with Crippen LogP contribution in [-0.2, 0) is 19.1 Å². The minimum Gasteiger partial charge on any atom is -0.497 e. The van der Waals surface area contributed by atoms with Crippen LogP contribution in [0.15, 0.2) is 42.5 Å². The number of hydrogen-bond donors (Lipinski definition) is 1. The van der Waals surface area contributed by atoms with Crippen LogP contribution in [0.3, 0.4) is 0 Å². The normalized spacial score (nSPS) is 23.0. The van der Waals surface area contributed by atoms with Gasteiger partial charge in [-0.1, -0.05) is 18.2 Å². The van der Waals surface area contributed by atoms with E-state index in [1.807, 2.05) is 0 Å². The number of ether oxygens (including phenoxy) is 5. The fourth-order valence-electron chi connectivity index (χ4n) is 3.82. The van der Waals surface area contributed by atoms with Crippen molar-refractivity contribution in [1.29, 1.82) is 0 Å². The third-order valence-electron chi connectivity index (χ3n) is 5.31. The molecule has 2 heterocycles. The molecule has 0 radical (unpaired) electrons. The number of carbonyl (C=O) groups excluding carboxylic acids is 2. The van der Waals surface area contributed by atoms with Crippen molar-refractivity contribution in [3.8, 4) is 17.2 Å². The third kappa shape index (κ3) is 3.54. The first-order valence-corrected chi connectivity index (χ1v) is 9.62. The largest absolute Gasteiger partial charge is 0.497 e. The number of cyclic esters (lactones) is 1. The number of aliphatic hydroxyl groups is 1. The van der Waals surface area contributed by atoms with Crippen LogP contribution in [0.4, 0.5) is 0 Å². The second-order valence-corrected chi connectivity index (χ2v) is 6.99. The van der Waals surface area contributed by atoms with E-state index in [0.717, 1.165) is 0 Å². The predicted molar refractivity (Wildman–Crippen MR) is 103 cm³/mol. The molecule has 0 aliphatic carbocycles. The Labute approximate surface area is 173 Å². The van der Waals surface area contributed by atoms with E-state index in [9.17, 15) is 14.7 Å². The van der Waals surface area contributed by atoms with Gasteiger partial charge < -0.3 is 28.8 Å². The summed E-state index contributed by atoms with van der Waals surface area (Å²) in [6.07, 6.45) is -2.17. The average molecular weight is 414 g/mol. The summed E-state index contributed by atoms with van der Waals surface area (Å²) in [4.78, 5) is 25.6. The van der Waals surface area contributed by atoms with Crippen LogP contribution in [0.25, 0.3) is 0 Å². The molecule has 1 fully saturated rings. The molecule has 8 heteroatoms. The zero-order valence-electron chi connectivity index (χ0n) is 16.6. The van der Waals surface area contributed by atoms with E-state index in [1.54, 1.807) is 49.4 Å². The van der Waals surface area contributed by atoms with E-state index in [4.69, 9.17) is 23.7 Å². The van der Waals surface area contributed by atoms with Gasteiger partial charge in [-0.05, 0) is 42.3 Å². The van der Waals surface area contributed by atoms with E-state index in [1.165, 1.54) is 7.11 Å². The molecule has 2 aromatic carbocycles. The standard InChI is InChI=1S/C22H22O8/c1-3-27-21(24)18-17(19(23)12-4-7-14(26-2)8-5-12)22(25)30-20(18)13-6-9-15-16(10-13)29-11-28-15/h4-10,17-20,23H,3,11H2,1-2H3/t17-,18+,19-,20+/m1/s1. The SMILES string of the molecule is CCOC(=O)[C@H]1[C@H]([C@H](O)c2ccc(OC)cc2)C(=O)O[C@H]1c1ccc2c(c1)OCO2. The maximum absolute atomic E-state index is 12.8. The highest BCUT2D eigenvalue weighted by Gasteiger charge is 2.53. The van der Waals surface area contributed by atoms with Crippen molar-refractivity contribution >= 4 is 11.9 Å². The number of esters is 2. The second kappa shape index (κ2) is 8.23. The van der Waals surface area contributed by atoms with Crippen molar-refractivity contribution < 1.29 is 38.4 Å². The topological polar surface area (TPSA) is 101 Å². The molecule has 0 spiro atoms. The van der Waals surface area contributed by atoms with Crippen molar-refractivity contribution in [3.63, 3.8) is 0 Å². The van der Waals surface area contributed by atoms with Gasteiger partial charge >= 0.3 is 11.9 Å². The lowest BCUT2D eigenvalue weighted by molar-refractivity contribution is -0.153. The zero-order chi connectivity index (χ0) is 21.3. The molecule has 4 atom stereocenters. The summed E-state index contributed by atoms with van der Waals surface area (Å²) in [5.41, 5.74) is 1.04. The van der Waals surface area contributed by atoms with Gasteiger partial charge in [0.2, 0.25) is 6.79 Å². The molecule has 0 saturated carbocycles. The number of methoxy groups -OCH3 is 1. The van der Waals surface area contributed by atoms with Crippen LogP contribution in [0.5, 0.6) is 17.2 Å². The van der Waals surface area contributed by atoms with Gasteiger partial charge in [-0.15, -0.1) is 0 Å². The molecule has 30 heavy (non-hydrogen) atoms. The molecule has 2 aliphatic heterocycles. The molecule has 158 valence electrons. The monoisotopic (exact) mass is 414 g/mol. The summed E-state index contributed by atoms with van der Waals surface area (Å²) >= 11 is 0.